The third kappa shape index (κ3) is 3.39. The van der Waals surface area contributed by atoms with Gasteiger partial charge in [0, 0.05) is 59.0 Å². The quantitative estimate of drug-likeness (QED) is 0.428. The zero-order chi connectivity index (χ0) is 23.2. The van der Waals surface area contributed by atoms with Gasteiger partial charge in [0.25, 0.3) is 5.91 Å². The molecule has 3 N–H and O–H groups in total. The molecule has 0 spiro atoms. The van der Waals surface area contributed by atoms with Gasteiger partial charge < -0.3 is 15.6 Å². The fraction of sp³-hybridized carbons (Fsp3) is 0.154. The summed E-state index contributed by atoms with van der Waals surface area (Å²) < 4.78 is 15.2. The van der Waals surface area contributed by atoms with Crippen molar-refractivity contribution in [1.29, 1.82) is 0 Å². The van der Waals surface area contributed by atoms with Gasteiger partial charge in [-0.25, -0.2) is 9.37 Å². The lowest BCUT2D eigenvalue weighted by atomic mass is 9.99. The molecule has 1 unspecified atom stereocenters. The van der Waals surface area contributed by atoms with E-state index in [0.29, 0.717) is 40.8 Å². The Balaban J connectivity index is 1.46. The highest BCUT2D eigenvalue weighted by Crippen LogP contribution is 2.36. The number of aromatic amines is 1. The number of carbonyl (C=O) groups is 1. The van der Waals surface area contributed by atoms with Crippen LogP contribution < -0.4 is 5.73 Å². The molecule has 1 aliphatic heterocycles. The molecule has 5 aromatic rings. The van der Waals surface area contributed by atoms with Gasteiger partial charge in [0.1, 0.15) is 11.5 Å². The lowest BCUT2D eigenvalue weighted by Gasteiger charge is -2.16. The maximum atomic E-state index is 15.2. The molecule has 6 rings (SSSR count). The van der Waals surface area contributed by atoms with Gasteiger partial charge in [-0.3, -0.25) is 14.8 Å². The maximum absolute atomic E-state index is 15.2. The van der Waals surface area contributed by atoms with E-state index in [-0.39, 0.29) is 11.9 Å². The summed E-state index contributed by atoms with van der Waals surface area (Å²) in [6.45, 7) is 1.22. The normalized spacial score (nSPS) is 15.9. The summed E-state index contributed by atoms with van der Waals surface area (Å²) in [6, 6.07) is 12.8. The second-order valence-corrected chi connectivity index (χ2v) is 8.56. The van der Waals surface area contributed by atoms with Crippen molar-refractivity contribution in [2.75, 3.05) is 13.1 Å². The van der Waals surface area contributed by atoms with Crippen molar-refractivity contribution in [3.8, 4) is 22.4 Å². The molecule has 1 amide bonds. The molecular formula is C26H21FN6O. The number of pyridine rings is 3. The Morgan fingerprint density at radius 1 is 1.09 bits per heavy atom. The van der Waals surface area contributed by atoms with Gasteiger partial charge in [-0.15, -0.1) is 0 Å². The Bertz CT molecular complexity index is 1530. The molecule has 34 heavy (non-hydrogen) atoms. The Morgan fingerprint density at radius 3 is 2.68 bits per heavy atom. The standard InChI is InChI=1S/C26H21FN6O/c27-20-12-31-25-24(19-10-21(30-13-22(19)32-25)17-2-1-8-29-11-17)23(20)15-3-5-16(6-4-15)26(34)33-9-7-18(28)14-33/h1-6,8,10-13,18H,7,9,14,28H2,(H,31,32). The van der Waals surface area contributed by atoms with Gasteiger partial charge in [0.05, 0.1) is 23.6 Å². The number of nitrogens with two attached hydrogens (primary N) is 1. The molecule has 1 saturated heterocycles. The molecule has 0 bridgehead atoms. The Labute approximate surface area is 194 Å². The minimum Gasteiger partial charge on any atom is -0.338 e. The number of nitrogens with zero attached hydrogens (tertiary/aromatic N) is 4. The third-order valence-corrected chi connectivity index (χ3v) is 6.35. The number of hydrogen-bond donors (Lipinski definition) is 2. The highest BCUT2D eigenvalue weighted by atomic mass is 19.1. The van der Waals surface area contributed by atoms with E-state index in [4.69, 9.17) is 5.73 Å². The van der Waals surface area contributed by atoms with Crippen LogP contribution in [0.1, 0.15) is 16.8 Å². The van der Waals surface area contributed by atoms with Crippen LogP contribution in [0, 0.1) is 5.82 Å². The van der Waals surface area contributed by atoms with Crippen LogP contribution in [0.5, 0.6) is 0 Å². The maximum Gasteiger partial charge on any atom is 0.253 e. The van der Waals surface area contributed by atoms with E-state index in [1.165, 1.54) is 6.20 Å². The van der Waals surface area contributed by atoms with Gasteiger partial charge in [-0.2, -0.15) is 0 Å². The van der Waals surface area contributed by atoms with Gasteiger partial charge in [0.15, 0.2) is 0 Å². The number of likely N-dealkylation sites (tertiary alicyclic amines) is 1. The monoisotopic (exact) mass is 452 g/mol. The number of rotatable bonds is 3. The second kappa shape index (κ2) is 8.00. The fourth-order valence-corrected chi connectivity index (χ4v) is 4.62. The number of carbonyl (C=O) groups excluding carboxylic acids is 1. The Morgan fingerprint density at radius 2 is 1.94 bits per heavy atom. The van der Waals surface area contributed by atoms with Crippen molar-refractivity contribution in [3.63, 3.8) is 0 Å². The molecule has 0 radical (unpaired) electrons. The molecule has 0 aliphatic carbocycles. The van der Waals surface area contributed by atoms with Gasteiger partial charge in [-0.1, -0.05) is 12.1 Å². The van der Waals surface area contributed by atoms with E-state index in [0.717, 1.165) is 28.6 Å². The van der Waals surface area contributed by atoms with Crippen molar-refractivity contribution in [2.24, 2.45) is 5.73 Å². The number of nitrogens with one attached hydrogen (secondary N) is 1. The molecular weight excluding hydrogens is 431 g/mol. The molecule has 1 fully saturated rings. The molecule has 168 valence electrons. The summed E-state index contributed by atoms with van der Waals surface area (Å²) in [6.07, 6.45) is 7.20. The van der Waals surface area contributed by atoms with Crippen LogP contribution in [0.25, 0.3) is 44.3 Å². The minimum absolute atomic E-state index is 0.0235. The van der Waals surface area contributed by atoms with Crippen LogP contribution in [-0.4, -0.2) is 49.9 Å². The Kier molecular flexibility index (Phi) is 4.81. The lowest BCUT2D eigenvalue weighted by molar-refractivity contribution is 0.0791. The number of aromatic nitrogens is 4. The summed E-state index contributed by atoms with van der Waals surface area (Å²) in [5.74, 6) is -0.489. The number of benzene rings is 1. The van der Waals surface area contributed by atoms with Gasteiger partial charge >= 0.3 is 0 Å². The average Bonchev–Trinajstić information content (AvgIpc) is 3.47. The number of H-pyrrole nitrogens is 1. The first kappa shape index (κ1) is 20.4. The van der Waals surface area contributed by atoms with Crippen molar-refractivity contribution >= 4 is 27.8 Å². The Hall–Kier alpha value is -4.17. The van der Waals surface area contributed by atoms with Crippen LogP contribution >= 0.6 is 0 Å². The molecule has 1 aromatic carbocycles. The zero-order valence-corrected chi connectivity index (χ0v) is 18.2. The van der Waals surface area contributed by atoms with Crippen molar-refractivity contribution in [2.45, 2.75) is 12.5 Å². The average molecular weight is 452 g/mol. The van der Waals surface area contributed by atoms with Gasteiger partial charge in [0.2, 0.25) is 0 Å². The summed E-state index contributed by atoms with van der Waals surface area (Å²) in [5, 5.41) is 1.49. The number of fused-ring (bicyclic) bond motifs is 3. The first-order chi connectivity index (χ1) is 16.6. The minimum atomic E-state index is -0.433. The summed E-state index contributed by atoms with van der Waals surface area (Å²) in [4.78, 5) is 30.8. The van der Waals surface area contributed by atoms with Crippen molar-refractivity contribution in [1.82, 2.24) is 24.8 Å². The molecule has 7 nitrogen and oxygen atoms in total. The first-order valence-electron chi connectivity index (χ1n) is 11.1. The van der Waals surface area contributed by atoms with Crippen LogP contribution in [0.15, 0.2) is 67.3 Å². The number of halogens is 1. The predicted octanol–water partition coefficient (Wildman–Crippen LogP) is 4.15. The van der Waals surface area contributed by atoms with E-state index < -0.39 is 5.82 Å². The van der Waals surface area contributed by atoms with Gasteiger partial charge in [-0.05, 0) is 42.3 Å². The SMILES string of the molecule is NC1CCN(C(=O)c2ccc(-c3c(F)cnc4[nH]c5cnc(-c6cccnc6)cc5c34)cc2)C1. The van der Waals surface area contributed by atoms with Crippen molar-refractivity contribution in [3.05, 3.63) is 78.6 Å². The molecule has 1 aliphatic rings. The van der Waals surface area contributed by atoms with Crippen LogP contribution in [-0.2, 0) is 0 Å². The molecule has 8 heteroatoms. The molecule has 5 heterocycles. The van der Waals surface area contributed by atoms with E-state index in [2.05, 4.69) is 19.9 Å². The van der Waals surface area contributed by atoms with E-state index >= 15 is 4.39 Å². The van der Waals surface area contributed by atoms with Crippen LogP contribution in [0.3, 0.4) is 0 Å². The largest absolute Gasteiger partial charge is 0.338 e. The highest BCUT2D eigenvalue weighted by molar-refractivity contribution is 6.13. The fourth-order valence-electron chi connectivity index (χ4n) is 4.62. The number of hydrogen-bond acceptors (Lipinski definition) is 5. The first-order valence-corrected chi connectivity index (χ1v) is 11.1. The summed E-state index contributed by atoms with van der Waals surface area (Å²) >= 11 is 0. The summed E-state index contributed by atoms with van der Waals surface area (Å²) in [5.41, 5.74) is 10.5. The molecule has 1 atom stereocenters. The van der Waals surface area contributed by atoms with Crippen LogP contribution in [0.4, 0.5) is 4.39 Å². The predicted molar refractivity (Wildman–Crippen MR) is 129 cm³/mol. The van der Waals surface area contributed by atoms with E-state index in [1.54, 1.807) is 47.8 Å². The van der Waals surface area contributed by atoms with E-state index in [1.807, 2.05) is 18.2 Å². The number of amides is 1. The van der Waals surface area contributed by atoms with E-state index in [9.17, 15) is 4.79 Å². The molecule has 4 aromatic heterocycles. The third-order valence-electron chi connectivity index (χ3n) is 6.35. The molecule has 0 saturated carbocycles. The zero-order valence-electron chi connectivity index (χ0n) is 18.2. The smallest absolute Gasteiger partial charge is 0.253 e. The summed E-state index contributed by atoms with van der Waals surface area (Å²) in [7, 11) is 0. The topological polar surface area (TPSA) is 101 Å². The highest BCUT2D eigenvalue weighted by Gasteiger charge is 2.25. The van der Waals surface area contributed by atoms with Crippen molar-refractivity contribution < 1.29 is 9.18 Å². The second-order valence-electron chi connectivity index (χ2n) is 8.56. The lowest BCUT2D eigenvalue weighted by Crippen LogP contribution is -2.31. The van der Waals surface area contributed by atoms with Crippen LogP contribution in [0.2, 0.25) is 0 Å².